The molecule has 6 heteroatoms. The van der Waals surface area contributed by atoms with Gasteiger partial charge < -0.3 is 10.1 Å². The maximum atomic E-state index is 5.58. The molecule has 0 amide bonds. The van der Waals surface area contributed by atoms with Crippen LogP contribution in [0.5, 0.6) is 0 Å². The first-order valence-electron chi connectivity index (χ1n) is 5.86. The van der Waals surface area contributed by atoms with Crippen LogP contribution in [0.1, 0.15) is 18.5 Å². The number of aromatic nitrogens is 4. The van der Waals surface area contributed by atoms with Gasteiger partial charge in [-0.15, -0.1) is 0 Å². The summed E-state index contributed by atoms with van der Waals surface area (Å²) < 4.78 is 7.29. The molecule has 0 bridgehead atoms. The maximum absolute atomic E-state index is 5.58. The second kappa shape index (κ2) is 4.29. The number of nitrogens with one attached hydrogen (secondary N) is 1. The van der Waals surface area contributed by atoms with Gasteiger partial charge in [-0.1, -0.05) is 0 Å². The lowest BCUT2D eigenvalue weighted by atomic mass is 10.2. The normalized spacial score (nSPS) is 19.9. The molecule has 90 valence electrons. The van der Waals surface area contributed by atoms with Crippen molar-refractivity contribution >= 4 is 11.6 Å². The van der Waals surface area contributed by atoms with Crippen LogP contribution in [-0.4, -0.2) is 38.8 Å². The van der Waals surface area contributed by atoms with Gasteiger partial charge in [-0.25, -0.2) is 4.98 Å². The number of hydrogen-bond donors (Lipinski definition) is 1. The Kier molecular flexibility index (Phi) is 2.64. The first-order valence-corrected chi connectivity index (χ1v) is 5.86. The van der Waals surface area contributed by atoms with Gasteiger partial charge >= 0.3 is 0 Å². The predicted molar refractivity (Wildman–Crippen MR) is 63.0 cm³/mol. The van der Waals surface area contributed by atoms with E-state index < -0.39 is 0 Å². The summed E-state index contributed by atoms with van der Waals surface area (Å²) in [7, 11) is 0. The van der Waals surface area contributed by atoms with E-state index in [-0.39, 0.29) is 0 Å². The number of fused-ring (bicyclic) bond motifs is 1. The SMILES string of the molecule is Cc1cc(NC[C@H]2CCCO2)n2ncnc2n1. The van der Waals surface area contributed by atoms with Gasteiger partial charge in [0, 0.05) is 24.9 Å². The van der Waals surface area contributed by atoms with Crippen LogP contribution < -0.4 is 5.32 Å². The Morgan fingerprint density at radius 1 is 1.59 bits per heavy atom. The second-order valence-corrected chi connectivity index (χ2v) is 4.27. The van der Waals surface area contributed by atoms with Crippen molar-refractivity contribution in [2.24, 2.45) is 0 Å². The fraction of sp³-hybridized carbons (Fsp3) is 0.545. The Bertz CT molecular complexity index is 518. The molecule has 2 aromatic rings. The molecule has 0 radical (unpaired) electrons. The van der Waals surface area contributed by atoms with Gasteiger partial charge in [0.25, 0.3) is 5.78 Å². The van der Waals surface area contributed by atoms with Crippen molar-refractivity contribution in [2.45, 2.75) is 25.9 Å². The first-order chi connectivity index (χ1) is 8.33. The molecule has 6 nitrogen and oxygen atoms in total. The number of rotatable bonds is 3. The van der Waals surface area contributed by atoms with Gasteiger partial charge in [0.05, 0.1) is 6.10 Å². The van der Waals surface area contributed by atoms with E-state index in [2.05, 4.69) is 20.4 Å². The van der Waals surface area contributed by atoms with Crippen LogP contribution in [0.2, 0.25) is 0 Å². The standard InChI is InChI=1S/C11H15N5O/c1-8-5-10(12-6-9-3-2-4-17-9)16-11(15-8)13-7-14-16/h5,7,9,12H,2-4,6H2,1H3/t9-/m1/s1. The molecule has 17 heavy (non-hydrogen) atoms. The summed E-state index contributed by atoms with van der Waals surface area (Å²) in [5, 5.41) is 7.50. The lowest BCUT2D eigenvalue weighted by Crippen LogP contribution is -2.20. The van der Waals surface area contributed by atoms with Crippen molar-refractivity contribution in [3.8, 4) is 0 Å². The smallest absolute Gasteiger partial charge is 0.254 e. The number of hydrogen-bond acceptors (Lipinski definition) is 5. The van der Waals surface area contributed by atoms with Crippen molar-refractivity contribution in [1.29, 1.82) is 0 Å². The second-order valence-electron chi connectivity index (χ2n) is 4.27. The minimum Gasteiger partial charge on any atom is -0.376 e. The summed E-state index contributed by atoms with van der Waals surface area (Å²) in [5.74, 6) is 1.54. The van der Waals surface area contributed by atoms with Crippen LogP contribution >= 0.6 is 0 Å². The molecule has 0 saturated carbocycles. The lowest BCUT2D eigenvalue weighted by Gasteiger charge is -2.12. The molecule has 0 aliphatic carbocycles. The van der Waals surface area contributed by atoms with Crippen molar-refractivity contribution in [1.82, 2.24) is 19.6 Å². The number of ether oxygens (including phenoxy) is 1. The zero-order chi connectivity index (χ0) is 11.7. The fourth-order valence-corrected chi connectivity index (χ4v) is 2.08. The Morgan fingerprint density at radius 3 is 3.35 bits per heavy atom. The Morgan fingerprint density at radius 2 is 2.53 bits per heavy atom. The molecule has 1 aliphatic heterocycles. The van der Waals surface area contributed by atoms with E-state index in [0.717, 1.165) is 37.5 Å². The summed E-state index contributed by atoms with van der Waals surface area (Å²) in [6, 6.07) is 1.97. The van der Waals surface area contributed by atoms with E-state index in [9.17, 15) is 0 Å². The number of nitrogens with zero attached hydrogens (tertiary/aromatic N) is 4. The quantitative estimate of drug-likeness (QED) is 0.857. The van der Waals surface area contributed by atoms with Gasteiger partial charge in [-0.3, -0.25) is 0 Å². The minimum absolute atomic E-state index is 0.307. The van der Waals surface area contributed by atoms with Crippen LogP contribution in [0.4, 0.5) is 5.82 Å². The van der Waals surface area contributed by atoms with Gasteiger partial charge in [-0.2, -0.15) is 14.6 Å². The summed E-state index contributed by atoms with van der Waals surface area (Å²) in [4.78, 5) is 8.38. The molecule has 1 N–H and O–H groups in total. The fourth-order valence-electron chi connectivity index (χ4n) is 2.08. The monoisotopic (exact) mass is 233 g/mol. The van der Waals surface area contributed by atoms with Crippen molar-refractivity contribution < 1.29 is 4.74 Å². The van der Waals surface area contributed by atoms with Crippen molar-refractivity contribution in [3.63, 3.8) is 0 Å². The molecular formula is C11H15N5O. The van der Waals surface area contributed by atoms with Gasteiger partial charge in [0.1, 0.15) is 12.1 Å². The van der Waals surface area contributed by atoms with Crippen LogP contribution in [0.15, 0.2) is 12.4 Å². The molecule has 1 aliphatic rings. The van der Waals surface area contributed by atoms with Crippen LogP contribution in [0.25, 0.3) is 5.78 Å². The summed E-state index contributed by atoms with van der Waals surface area (Å²) >= 11 is 0. The van der Waals surface area contributed by atoms with E-state index in [1.807, 2.05) is 13.0 Å². The zero-order valence-corrected chi connectivity index (χ0v) is 9.76. The Balaban J connectivity index is 1.81. The maximum Gasteiger partial charge on any atom is 0.254 e. The molecule has 1 saturated heterocycles. The molecular weight excluding hydrogens is 218 g/mol. The molecule has 2 aromatic heterocycles. The molecule has 3 rings (SSSR count). The van der Waals surface area contributed by atoms with E-state index in [0.29, 0.717) is 11.9 Å². The molecule has 1 atom stereocenters. The van der Waals surface area contributed by atoms with E-state index >= 15 is 0 Å². The molecule has 1 fully saturated rings. The number of aryl methyl sites for hydroxylation is 1. The molecule has 0 unspecified atom stereocenters. The van der Waals surface area contributed by atoms with Crippen LogP contribution in [0, 0.1) is 6.92 Å². The largest absolute Gasteiger partial charge is 0.376 e. The Labute approximate surface area is 99.0 Å². The van der Waals surface area contributed by atoms with E-state index in [1.165, 1.54) is 6.33 Å². The lowest BCUT2D eigenvalue weighted by molar-refractivity contribution is 0.120. The van der Waals surface area contributed by atoms with Gasteiger partial charge in [0.15, 0.2) is 0 Å². The van der Waals surface area contributed by atoms with Crippen LogP contribution in [0.3, 0.4) is 0 Å². The third kappa shape index (κ3) is 2.08. The van der Waals surface area contributed by atoms with Crippen molar-refractivity contribution in [3.05, 3.63) is 18.1 Å². The highest BCUT2D eigenvalue weighted by Crippen LogP contribution is 2.14. The highest BCUT2D eigenvalue weighted by Gasteiger charge is 2.15. The number of anilines is 1. The highest BCUT2D eigenvalue weighted by molar-refractivity contribution is 5.44. The Hall–Kier alpha value is -1.69. The summed E-state index contributed by atoms with van der Waals surface area (Å²) in [6.45, 7) is 3.63. The molecule has 0 spiro atoms. The zero-order valence-electron chi connectivity index (χ0n) is 9.76. The first kappa shape index (κ1) is 10.5. The third-order valence-corrected chi connectivity index (χ3v) is 2.91. The average molecular weight is 233 g/mol. The van der Waals surface area contributed by atoms with Gasteiger partial charge in [0.2, 0.25) is 0 Å². The summed E-state index contributed by atoms with van der Waals surface area (Å²) in [5.41, 5.74) is 0.931. The topological polar surface area (TPSA) is 64.3 Å². The molecule has 0 aromatic carbocycles. The van der Waals surface area contributed by atoms with Crippen LogP contribution in [-0.2, 0) is 4.74 Å². The highest BCUT2D eigenvalue weighted by atomic mass is 16.5. The van der Waals surface area contributed by atoms with E-state index in [4.69, 9.17) is 4.74 Å². The van der Waals surface area contributed by atoms with E-state index in [1.54, 1.807) is 4.52 Å². The summed E-state index contributed by atoms with van der Waals surface area (Å²) in [6.07, 6.45) is 4.10. The minimum atomic E-state index is 0.307. The average Bonchev–Trinajstić information content (AvgIpc) is 2.95. The van der Waals surface area contributed by atoms with Crippen molar-refractivity contribution in [2.75, 3.05) is 18.5 Å². The third-order valence-electron chi connectivity index (χ3n) is 2.91. The predicted octanol–water partition coefficient (Wildman–Crippen LogP) is 1.02. The molecule has 3 heterocycles. The van der Waals surface area contributed by atoms with Gasteiger partial charge in [-0.05, 0) is 19.8 Å².